The van der Waals surface area contributed by atoms with Gasteiger partial charge < -0.3 is 16.0 Å². The zero-order valence-electron chi connectivity index (χ0n) is 21.6. The summed E-state index contributed by atoms with van der Waals surface area (Å²) in [5, 5.41) is 7.80. The Labute approximate surface area is 219 Å². The van der Waals surface area contributed by atoms with Crippen molar-refractivity contribution in [2.24, 2.45) is 5.92 Å². The van der Waals surface area contributed by atoms with Crippen molar-refractivity contribution in [3.63, 3.8) is 0 Å². The fraction of sp³-hybridized carbons (Fsp3) is 0.615. The van der Waals surface area contributed by atoms with E-state index in [0.29, 0.717) is 6.42 Å². The minimum Gasteiger partial charge on any atom is -0.350 e. The van der Waals surface area contributed by atoms with E-state index in [1.807, 2.05) is 0 Å². The summed E-state index contributed by atoms with van der Waals surface area (Å²) in [6.07, 6.45) is 4.06. The molecule has 4 atom stereocenters. The molecular formula is C26H37F2N3O5S. The molecule has 3 amide bonds. The lowest BCUT2D eigenvalue weighted by Gasteiger charge is -2.25. The standard InChI is InChI=1S/C26H37F2N3O5S/c1-4-29-26(35)24(33)21(15-17-11-12-19(27)20(28)14-17)30-25(34)23(16(2)3)31-22(32)10-6-5-8-18-9-7-13-37(18)36/h11-12,14,16,18,21,23H,4-10,13,15H2,1-3H3,(H,29,35)(H,30,34)(H,31,32)/t18?,21-,23-,37?/m0/s1. The number of hydrogen-bond acceptors (Lipinski definition) is 5. The topological polar surface area (TPSA) is 121 Å². The predicted octanol–water partition coefficient (Wildman–Crippen LogP) is 2.31. The Balaban J connectivity index is 2.01. The van der Waals surface area contributed by atoms with Gasteiger partial charge in [-0.1, -0.05) is 26.3 Å². The number of Topliss-reactive ketones (excluding diaryl/α,β-unsaturated/α-hetero) is 1. The van der Waals surface area contributed by atoms with Gasteiger partial charge in [0.1, 0.15) is 12.1 Å². The average molecular weight is 542 g/mol. The van der Waals surface area contributed by atoms with Gasteiger partial charge in [-0.25, -0.2) is 8.78 Å². The van der Waals surface area contributed by atoms with Crippen LogP contribution in [-0.2, 0) is 36.4 Å². The summed E-state index contributed by atoms with van der Waals surface area (Å²) >= 11 is 0. The van der Waals surface area contributed by atoms with Gasteiger partial charge in [0.15, 0.2) is 11.6 Å². The second-order valence-corrected chi connectivity index (χ2v) is 11.5. The summed E-state index contributed by atoms with van der Waals surface area (Å²) < 4.78 is 38.9. The maximum atomic E-state index is 13.7. The number of hydrogen-bond donors (Lipinski definition) is 3. The molecule has 1 heterocycles. The fourth-order valence-electron chi connectivity index (χ4n) is 4.24. The molecular weight excluding hydrogens is 504 g/mol. The molecule has 1 fully saturated rings. The third-order valence-corrected chi connectivity index (χ3v) is 8.21. The molecule has 11 heteroatoms. The first-order valence-corrected chi connectivity index (χ1v) is 14.1. The lowest BCUT2D eigenvalue weighted by molar-refractivity contribution is -0.140. The second kappa shape index (κ2) is 14.9. The Hall–Kier alpha value is -2.69. The molecule has 1 aromatic rings. The van der Waals surface area contributed by atoms with Gasteiger partial charge in [-0.15, -0.1) is 0 Å². The fourth-order valence-corrected chi connectivity index (χ4v) is 5.89. The maximum absolute atomic E-state index is 13.7. The highest BCUT2D eigenvalue weighted by molar-refractivity contribution is 7.85. The highest BCUT2D eigenvalue weighted by atomic mass is 32.2. The molecule has 0 aliphatic carbocycles. The molecule has 0 aromatic heterocycles. The Morgan fingerprint density at radius 3 is 2.41 bits per heavy atom. The molecule has 0 saturated carbocycles. The van der Waals surface area contributed by atoms with E-state index in [4.69, 9.17) is 0 Å². The lowest BCUT2D eigenvalue weighted by atomic mass is 9.98. The molecule has 1 saturated heterocycles. The number of halogens is 2. The van der Waals surface area contributed by atoms with Gasteiger partial charge >= 0.3 is 0 Å². The van der Waals surface area contributed by atoms with Crippen LogP contribution < -0.4 is 16.0 Å². The Morgan fingerprint density at radius 1 is 1.08 bits per heavy atom. The number of benzene rings is 1. The van der Waals surface area contributed by atoms with Crippen LogP contribution in [0.2, 0.25) is 0 Å². The highest BCUT2D eigenvalue weighted by Gasteiger charge is 2.31. The van der Waals surface area contributed by atoms with Gasteiger partial charge in [0.25, 0.3) is 5.91 Å². The summed E-state index contributed by atoms with van der Waals surface area (Å²) in [4.78, 5) is 50.6. The van der Waals surface area contributed by atoms with E-state index in [0.717, 1.165) is 43.6 Å². The van der Waals surface area contributed by atoms with Crippen molar-refractivity contribution in [3.8, 4) is 0 Å². The third kappa shape index (κ3) is 9.60. The van der Waals surface area contributed by atoms with Crippen molar-refractivity contribution < 1.29 is 32.2 Å². The van der Waals surface area contributed by atoms with Gasteiger partial charge in [-0.3, -0.25) is 23.4 Å². The van der Waals surface area contributed by atoms with Gasteiger partial charge in [0.05, 0.1) is 0 Å². The number of carbonyl (C=O) groups excluding carboxylic acids is 4. The normalized spacial score (nSPS) is 18.8. The molecule has 0 bridgehead atoms. The van der Waals surface area contributed by atoms with E-state index in [9.17, 15) is 32.2 Å². The van der Waals surface area contributed by atoms with Gasteiger partial charge in [-0.2, -0.15) is 0 Å². The molecule has 0 radical (unpaired) electrons. The van der Waals surface area contributed by atoms with E-state index >= 15 is 0 Å². The van der Waals surface area contributed by atoms with Crippen LogP contribution in [0.25, 0.3) is 0 Å². The van der Waals surface area contributed by atoms with Crippen LogP contribution in [0.4, 0.5) is 8.78 Å². The molecule has 37 heavy (non-hydrogen) atoms. The van der Waals surface area contributed by atoms with Crippen LogP contribution in [0.1, 0.15) is 64.9 Å². The summed E-state index contributed by atoms with van der Waals surface area (Å²) in [5.41, 5.74) is 0.218. The van der Waals surface area contributed by atoms with Crippen molar-refractivity contribution in [1.29, 1.82) is 0 Å². The number of carbonyl (C=O) groups is 4. The SMILES string of the molecule is CCNC(=O)C(=O)[C@H](Cc1ccc(F)c(F)c1)NC(=O)[C@@H](NC(=O)CCCCC1CCCS1=O)C(C)C. The summed E-state index contributed by atoms with van der Waals surface area (Å²) in [5.74, 6) is -4.58. The van der Waals surface area contributed by atoms with Gasteiger partial charge in [-0.05, 0) is 56.2 Å². The van der Waals surface area contributed by atoms with Crippen molar-refractivity contribution in [2.45, 2.75) is 83.1 Å². The predicted molar refractivity (Wildman–Crippen MR) is 137 cm³/mol. The number of nitrogens with one attached hydrogen (secondary N) is 3. The van der Waals surface area contributed by atoms with Crippen LogP contribution in [0.15, 0.2) is 18.2 Å². The minimum absolute atomic E-state index is 0.192. The third-order valence-electron chi connectivity index (χ3n) is 6.31. The van der Waals surface area contributed by atoms with E-state index in [1.165, 1.54) is 6.07 Å². The number of ketones is 1. The van der Waals surface area contributed by atoms with Crippen LogP contribution in [0.5, 0.6) is 0 Å². The van der Waals surface area contributed by atoms with Crippen molar-refractivity contribution in [3.05, 3.63) is 35.4 Å². The molecule has 206 valence electrons. The largest absolute Gasteiger partial charge is 0.350 e. The Morgan fingerprint density at radius 2 is 1.81 bits per heavy atom. The van der Waals surface area contributed by atoms with E-state index < -0.39 is 52.1 Å². The smallest absolute Gasteiger partial charge is 0.289 e. The van der Waals surface area contributed by atoms with Gasteiger partial charge in [0.2, 0.25) is 17.6 Å². The maximum Gasteiger partial charge on any atom is 0.289 e. The zero-order valence-corrected chi connectivity index (χ0v) is 22.4. The average Bonchev–Trinajstić information content (AvgIpc) is 3.26. The first kappa shape index (κ1) is 30.5. The highest BCUT2D eigenvalue weighted by Crippen LogP contribution is 2.21. The van der Waals surface area contributed by atoms with Crippen molar-refractivity contribution in [2.75, 3.05) is 12.3 Å². The zero-order chi connectivity index (χ0) is 27.5. The molecule has 1 aliphatic rings. The van der Waals surface area contributed by atoms with Crippen molar-refractivity contribution in [1.82, 2.24) is 16.0 Å². The molecule has 8 nitrogen and oxygen atoms in total. The quantitative estimate of drug-likeness (QED) is 0.247. The number of amides is 3. The molecule has 3 N–H and O–H groups in total. The summed E-state index contributed by atoms with van der Waals surface area (Å²) in [7, 11) is -0.777. The Kier molecular flexibility index (Phi) is 12.3. The lowest BCUT2D eigenvalue weighted by Crippen LogP contribution is -2.56. The van der Waals surface area contributed by atoms with Crippen LogP contribution in [0.3, 0.4) is 0 Å². The summed E-state index contributed by atoms with van der Waals surface area (Å²) in [6.45, 7) is 5.29. The van der Waals surface area contributed by atoms with Crippen LogP contribution in [0, 0.1) is 17.6 Å². The first-order valence-electron chi connectivity index (χ1n) is 12.8. The number of likely N-dealkylation sites (N-methyl/N-ethyl adjacent to an activating group) is 1. The Bertz CT molecular complexity index is 1000. The van der Waals surface area contributed by atoms with Crippen molar-refractivity contribution >= 4 is 34.3 Å². The number of rotatable bonds is 14. The van der Waals surface area contributed by atoms with Gasteiger partial charge in [0, 0.05) is 41.2 Å². The number of unbranched alkanes of at least 4 members (excludes halogenated alkanes) is 1. The van der Waals surface area contributed by atoms with E-state index in [-0.39, 0.29) is 42.0 Å². The minimum atomic E-state index is -1.34. The van der Waals surface area contributed by atoms with Crippen LogP contribution in [-0.4, -0.2) is 57.3 Å². The van der Waals surface area contributed by atoms with E-state index in [2.05, 4.69) is 16.0 Å². The molecule has 2 unspecified atom stereocenters. The molecule has 1 aliphatic heterocycles. The summed E-state index contributed by atoms with van der Waals surface area (Å²) in [6, 6.07) is 0.772. The molecule has 1 aromatic carbocycles. The van der Waals surface area contributed by atoms with Crippen LogP contribution >= 0.6 is 0 Å². The molecule has 2 rings (SSSR count). The van der Waals surface area contributed by atoms with E-state index in [1.54, 1.807) is 20.8 Å². The monoisotopic (exact) mass is 541 g/mol. The first-order chi connectivity index (χ1) is 17.5. The molecule has 0 spiro atoms. The second-order valence-electron chi connectivity index (χ2n) is 9.62.